The minimum Gasteiger partial charge on any atom is -0.436 e. The van der Waals surface area contributed by atoms with E-state index in [1.165, 1.54) is 22.3 Å². The van der Waals surface area contributed by atoms with Crippen LogP contribution in [-0.2, 0) is 0 Å². The minimum absolute atomic E-state index is 0.636. The molecular formula is C47H32N2O. The minimum atomic E-state index is 0.636. The maximum Gasteiger partial charge on any atom is 0.227 e. The smallest absolute Gasteiger partial charge is 0.227 e. The summed E-state index contributed by atoms with van der Waals surface area (Å²) >= 11 is 0. The van der Waals surface area contributed by atoms with Crippen LogP contribution in [0.15, 0.2) is 199 Å². The Morgan fingerprint density at radius 3 is 1.26 bits per heavy atom. The molecule has 0 radical (unpaired) electrons. The van der Waals surface area contributed by atoms with E-state index in [9.17, 15) is 0 Å². The van der Waals surface area contributed by atoms with Gasteiger partial charge in [-0.25, -0.2) is 4.98 Å². The van der Waals surface area contributed by atoms with Crippen molar-refractivity contribution in [3.05, 3.63) is 194 Å². The van der Waals surface area contributed by atoms with Gasteiger partial charge in [0, 0.05) is 28.0 Å². The summed E-state index contributed by atoms with van der Waals surface area (Å²) in [7, 11) is 0. The third kappa shape index (κ3) is 5.61. The number of hydrogen-bond acceptors (Lipinski definition) is 3. The largest absolute Gasteiger partial charge is 0.436 e. The molecule has 0 fully saturated rings. The van der Waals surface area contributed by atoms with Crippen LogP contribution >= 0.6 is 0 Å². The van der Waals surface area contributed by atoms with Crippen LogP contribution in [0.25, 0.3) is 66.7 Å². The summed E-state index contributed by atoms with van der Waals surface area (Å²) in [6.07, 6.45) is 0. The molecule has 0 saturated carbocycles. The van der Waals surface area contributed by atoms with Crippen molar-refractivity contribution in [1.29, 1.82) is 0 Å². The molecule has 0 saturated heterocycles. The van der Waals surface area contributed by atoms with Gasteiger partial charge >= 0.3 is 0 Å². The van der Waals surface area contributed by atoms with Gasteiger partial charge in [-0.05, 0) is 99.4 Å². The van der Waals surface area contributed by atoms with Crippen molar-refractivity contribution in [2.45, 2.75) is 0 Å². The van der Waals surface area contributed by atoms with E-state index in [1.807, 2.05) is 36.4 Å². The molecule has 0 spiro atoms. The van der Waals surface area contributed by atoms with Crippen molar-refractivity contribution in [3.8, 4) is 44.8 Å². The number of fused-ring (bicyclic) bond motifs is 3. The van der Waals surface area contributed by atoms with Crippen molar-refractivity contribution < 1.29 is 4.42 Å². The summed E-state index contributed by atoms with van der Waals surface area (Å²) in [5.74, 6) is 0.636. The molecule has 0 amide bonds. The Morgan fingerprint density at radius 1 is 0.360 bits per heavy atom. The molecule has 0 aliphatic carbocycles. The van der Waals surface area contributed by atoms with E-state index in [0.29, 0.717) is 5.89 Å². The first-order valence-electron chi connectivity index (χ1n) is 16.9. The summed E-state index contributed by atoms with van der Waals surface area (Å²) in [5, 5.41) is 2.21. The fraction of sp³-hybridized carbons (Fsp3) is 0. The monoisotopic (exact) mass is 640 g/mol. The number of nitrogens with zero attached hydrogens (tertiary/aromatic N) is 2. The Labute approximate surface area is 291 Å². The normalized spacial score (nSPS) is 11.2. The Hall–Kier alpha value is -6.71. The molecule has 8 aromatic carbocycles. The van der Waals surface area contributed by atoms with Crippen molar-refractivity contribution in [2.24, 2.45) is 0 Å². The maximum absolute atomic E-state index is 6.18. The molecule has 0 atom stereocenters. The Bertz CT molecular complexity index is 2460. The Morgan fingerprint density at radius 2 is 0.760 bits per heavy atom. The van der Waals surface area contributed by atoms with Gasteiger partial charge in [-0.15, -0.1) is 0 Å². The summed E-state index contributed by atoms with van der Waals surface area (Å²) in [5.41, 5.74) is 13.0. The van der Waals surface area contributed by atoms with E-state index in [2.05, 4.69) is 163 Å². The molecular weight excluding hydrogens is 609 g/mol. The zero-order chi connectivity index (χ0) is 33.3. The maximum atomic E-state index is 6.18. The van der Waals surface area contributed by atoms with Crippen molar-refractivity contribution in [1.82, 2.24) is 4.98 Å². The first-order chi connectivity index (χ1) is 24.8. The van der Waals surface area contributed by atoms with Gasteiger partial charge in [-0.3, -0.25) is 0 Å². The second-order valence-corrected chi connectivity index (χ2v) is 12.4. The highest BCUT2D eigenvalue weighted by Gasteiger charge is 2.15. The van der Waals surface area contributed by atoms with Crippen LogP contribution in [0, 0.1) is 0 Å². The molecule has 9 rings (SSSR count). The molecule has 0 N–H and O–H groups in total. The third-order valence-corrected chi connectivity index (χ3v) is 9.32. The van der Waals surface area contributed by atoms with E-state index in [0.717, 1.165) is 55.6 Å². The highest BCUT2D eigenvalue weighted by Crippen LogP contribution is 2.38. The van der Waals surface area contributed by atoms with Gasteiger partial charge in [-0.1, -0.05) is 133 Å². The lowest BCUT2D eigenvalue weighted by Crippen LogP contribution is -2.09. The lowest BCUT2D eigenvalue weighted by Gasteiger charge is -2.26. The van der Waals surface area contributed by atoms with Crippen molar-refractivity contribution in [2.75, 3.05) is 4.90 Å². The van der Waals surface area contributed by atoms with Gasteiger partial charge in [-0.2, -0.15) is 0 Å². The van der Waals surface area contributed by atoms with Crippen LogP contribution < -0.4 is 4.90 Å². The zero-order valence-corrected chi connectivity index (χ0v) is 27.3. The molecule has 0 unspecified atom stereocenters. The fourth-order valence-corrected chi connectivity index (χ4v) is 6.71. The van der Waals surface area contributed by atoms with Gasteiger partial charge in [0.25, 0.3) is 0 Å². The Balaban J connectivity index is 1.08. The summed E-state index contributed by atoms with van der Waals surface area (Å²) in [6.45, 7) is 0. The van der Waals surface area contributed by atoms with E-state index in [-0.39, 0.29) is 0 Å². The zero-order valence-electron chi connectivity index (χ0n) is 27.3. The fourth-order valence-electron chi connectivity index (χ4n) is 6.71. The number of aromatic nitrogens is 1. The van der Waals surface area contributed by atoms with E-state index >= 15 is 0 Å². The van der Waals surface area contributed by atoms with E-state index in [1.54, 1.807) is 0 Å². The van der Waals surface area contributed by atoms with Crippen molar-refractivity contribution >= 4 is 38.9 Å². The number of rotatable bonds is 7. The predicted molar refractivity (Wildman–Crippen MR) is 208 cm³/mol. The highest BCUT2D eigenvalue weighted by atomic mass is 16.3. The van der Waals surface area contributed by atoms with E-state index < -0.39 is 0 Å². The second-order valence-electron chi connectivity index (χ2n) is 12.4. The summed E-state index contributed by atoms with van der Waals surface area (Å²) < 4.78 is 6.18. The SMILES string of the molecule is c1ccc(-c2ccc(N(c3ccc(-c4ccccc4)cc3)c3ccc(-c4ccc5ccc6oc(-c7ccccc7)nc6c5c4)cc3)cc2)cc1. The quantitative estimate of drug-likeness (QED) is 0.174. The van der Waals surface area contributed by atoms with Crippen LogP contribution in [0.5, 0.6) is 0 Å². The lowest BCUT2D eigenvalue weighted by atomic mass is 10.00. The van der Waals surface area contributed by atoms with Crippen molar-refractivity contribution in [3.63, 3.8) is 0 Å². The molecule has 1 aromatic heterocycles. The number of anilines is 3. The van der Waals surface area contributed by atoms with Crippen LogP contribution in [0.4, 0.5) is 17.1 Å². The first-order valence-corrected chi connectivity index (χ1v) is 16.9. The topological polar surface area (TPSA) is 29.3 Å². The van der Waals surface area contributed by atoms with Crippen LogP contribution in [0.2, 0.25) is 0 Å². The lowest BCUT2D eigenvalue weighted by molar-refractivity contribution is 0.620. The molecule has 0 aliphatic rings. The molecule has 3 heteroatoms. The van der Waals surface area contributed by atoms with Gasteiger partial charge in [0.15, 0.2) is 5.58 Å². The highest BCUT2D eigenvalue weighted by molar-refractivity contribution is 6.05. The standard InChI is InChI=1S/C47H32N2O/c1-4-10-33(11-5-1)35-18-25-41(26-19-35)49(42-27-20-36(21-28-42)34-12-6-2-7-13-34)43-29-22-37(23-30-43)40-17-16-38-24-31-45-46(44(38)32-40)48-47(50-45)39-14-8-3-9-15-39/h1-32H. The average molecular weight is 641 g/mol. The number of benzene rings is 8. The summed E-state index contributed by atoms with van der Waals surface area (Å²) in [6, 6.07) is 68.3. The predicted octanol–water partition coefficient (Wildman–Crippen LogP) is 13.1. The number of oxazole rings is 1. The van der Waals surface area contributed by atoms with Crippen LogP contribution in [-0.4, -0.2) is 4.98 Å². The van der Waals surface area contributed by atoms with Crippen LogP contribution in [0.3, 0.4) is 0 Å². The van der Waals surface area contributed by atoms with Gasteiger partial charge in [0.05, 0.1) is 0 Å². The molecule has 50 heavy (non-hydrogen) atoms. The Kier molecular flexibility index (Phi) is 7.49. The molecule has 0 bridgehead atoms. The van der Waals surface area contributed by atoms with Gasteiger partial charge in [0.2, 0.25) is 5.89 Å². The van der Waals surface area contributed by atoms with Gasteiger partial charge in [0.1, 0.15) is 5.52 Å². The van der Waals surface area contributed by atoms with Crippen LogP contribution in [0.1, 0.15) is 0 Å². The number of hydrogen-bond donors (Lipinski definition) is 0. The second kappa shape index (κ2) is 12.7. The molecule has 9 aromatic rings. The first kappa shape index (κ1) is 29.4. The van der Waals surface area contributed by atoms with Gasteiger partial charge < -0.3 is 9.32 Å². The average Bonchev–Trinajstić information content (AvgIpc) is 3.65. The molecule has 236 valence electrons. The third-order valence-electron chi connectivity index (χ3n) is 9.32. The molecule has 1 heterocycles. The summed E-state index contributed by atoms with van der Waals surface area (Å²) in [4.78, 5) is 7.25. The van der Waals surface area contributed by atoms with E-state index in [4.69, 9.17) is 9.40 Å². The molecule has 0 aliphatic heterocycles. The molecule has 3 nitrogen and oxygen atoms in total.